The lowest BCUT2D eigenvalue weighted by Gasteiger charge is -2.32. The number of amides is 2. The van der Waals surface area contributed by atoms with Crippen LogP contribution in [0, 0.1) is 0 Å². The molecule has 5 heteroatoms. The summed E-state index contributed by atoms with van der Waals surface area (Å²) in [6.07, 6.45) is 2.75. The summed E-state index contributed by atoms with van der Waals surface area (Å²) in [5.41, 5.74) is 3.40. The Morgan fingerprint density at radius 3 is 2.68 bits per heavy atom. The monoisotopic (exact) mass is 352 g/mol. The average Bonchev–Trinajstić information content (AvgIpc) is 3.24. The first-order valence-electron chi connectivity index (χ1n) is 8.72. The molecule has 0 aliphatic carbocycles. The molecule has 2 aromatic rings. The van der Waals surface area contributed by atoms with Crippen molar-refractivity contribution in [2.24, 2.45) is 0 Å². The Labute approximate surface area is 151 Å². The maximum atomic E-state index is 13.1. The fourth-order valence-electron chi connectivity index (χ4n) is 3.65. The van der Waals surface area contributed by atoms with Crippen molar-refractivity contribution in [2.45, 2.75) is 26.2 Å². The number of benzene rings is 1. The predicted octanol–water partition coefficient (Wildman–Crippen LogP) is 3.69. The van der Waals surface area contributed by atoms with Gasteiger partial charge in [-0.2, -0.15) is 0 Å². The van der Waals surface area contributed by atoms with Gasteiger partial charge in [-0.3, -0.25) is 14.5 Å². The molecule has 25 heavy (non-hydrogen) atoms. The lowest BCUT2D eigenvalue weighted by Crippen LogP contribution is -2.37. The number of nitrogens with zero attached hydrogens (tertiary/aromatic N) is 2. The molecule has 3 heterocycles. The SMILES string of the molecule is CCCN1C(=O)C(c2cccs2)=C(N2CCCc3ccccc32)C1=O. The number of aryl methyl sites for hydroxylation is 1. The lowest BCUT2D eigenvalue weighted by molar-refractivity contribution is -0.136. The van der Waals surface area contributed by atoms with Crippen LogP contribution < -0.4 is 4.90 Å². The standard InChI is InChI=1S/C20H20N2O2S/c1-2-11-22-19(23)17(16-10-6-13-25-16)18(20(22)24)21-12-5-8-14-7-3-4-9-15(14)21/h3-4,6-7,9-10,13H,2,5,8,11-12H2,1H3. The molecule has 0 bridgehead atoms. The van der Waals surface area contributed by atoms with Gasteiger partial charge < -0.3 is 4.90 Å². The zero-order chi connectivity index (χ0) is 17.4. The van der Waals surface area contributed by atoms with Gasteiger partial charge in [0.1, 0.15) is 5.70 Å². The van der Waals surface area contributed by atoms with Gasteiger partial charge in [0.15, 0.2) is 0 Å². The van der Waals surface area contributed by atoms with E-state index < -0.39 is 0 Å². The van der Waals surface area contributed by atoms with Crippen LogP contribution in [0.15, 0.2) is 47.5 Å². The number of hydrogen-bond donors (Lipinski definition) is 0. The number of hydrogen-bond acceptors (Lipinski definition) is 4. The number of thiophene rings is 1. The van der Waals surface area contributed by atoms with Gasteiger partial charge in [0.25, 0.3) is 11.8 Å². The van der Waals surface area contributed by atoms with Gasteiger partial charge in [0.05, 0.1) is 5.57 Å². The minimum atomic E-state index is -0.160. The van der Waals surface area contributed by atoms with Crippen LogP contribution in [0.5, 0.6) is 0 Å². The van der Waals surface area contributed by atoms with Crippen molar-refractivity contribution in [3.8, 4) is 0 Å². The van der Waals surface area contributed by atoms with E-state index >= 15 is 0 Å². The zero-order valence-corrected chi connectivity index (χ0v) is 15.0. The third-order valence-electron chi connectivity index (χ3n) is 4.74. The van der Waals surface area contributed by atoms with Crippen LogP contribution in [-0.2, 0) is 16.0 Å². The highest BCUT2D eigenvalue weighted by atomic mass is 32.1. The van der Waals surface area contributed by atoms with Gasteiger partial charge in [0, 0.05) is 23.7 Å². The molecule has 0 radical (unpaired) electrons. The molecule has 128 valence electrons. The smallest absolute Gasteiger partial charge is 0.278 e. The maximum absolute atomic E-state index is 13.1. The molecule has 2 amide bonds. The third-order valence-corrected chi connectivity index (χ3v) is 5.63. The van der Waals surface area contributed by atoms with E-state index in [1.807, 2.05) is 42.6 Å². The number of carbonyl (C=O) groups excluding carboxylic acids is 2. The van der Waals surface area contributed by atoms with Crippen molar-refractivity contribution in [3.05, 3.63) is 57.9 Å². The fraction of sp³-hybridized carbons (Fsp3) is 0.300. The molecule has 0 unspecified atom stereocenters. The van der Waals surface area contributed by atoms with Gasteiger partial charge in [0.2, 0.25) is 0 Å². The molecule has 2 aliphatic heterocycles. The van der Waals surface area contributed by atoms with Crippen molar-refractivity contribution < 1.29 is 9.59 Å². The Kier molecular flexibility index (Phi) is 4.17. The molecule has 1 aromatic heterocycles. The summed E-state index contributed by atoms with van der Waals surface area (Å²) < 4.78 is 0. The fourth-order valence-corrected chi connectivity index (χ4v) is 4.41. The van der Waals surface area contributed by atoms with Crippen LogP contribution in [0.1, 0.15) is 30.2 Å². The van der Waals surface area contributed by atoms with Crippen LogP contribution in [0.3, 0.4) is 0 Å². The van der Waals surface area contributed by atoms with Crippen molar-refractivity contribution in [2.75, 3.05) is 18.0 Å². The molecular formula is C20H20N2O2S. The third kappa shape index (κ3) is 2.59. The minimum absolute atomic E-state index is 0.160. The number of para-hydroxylation sites is 1. The first-order chi connectivity index (χ1) is 12.2. The molecule has 0 spiro atoms. The Bertz CT molecular complexity index is 854. The lowest BCUT2D eigenvalue weighted by atomic mass is 10.00. The molecule has 0 N–H and O–H groups in total. The van der Waals surface area contributed by atoms with Crippen molar-refractivity contribution in [1.29, 1.82) is 0 Å². The van der Waals surface area contributed by atoms with Gasteiger partial charge in [-0.05, 0) is 42.3 Å². The van der Waals surface area contributed by atoms with Crippen LogP contribution in [0.25, 0.3) is 5.57 Å². The molecule has 1 aromatic carbocycles. The van der Waals surface area contributed by atoms with Crippen molar-refractivity contribution in [1.82, 2.24) is 4.90 Å². The van der Waals surface area contributed by atoms with Gasteiger partial charge in [-0.1, -0.05) is 31.2 Å². The summed E-state index contributed by atoms with van der Waals surface area (Å²) in [6.45, 7) is 3.21. The molecule has 0 fully saturated rings. The molecule has 4 rings (SSSR count). The molecular weight excluding hydrogens is 332 g/mol. The quantitative estimate of drug-likeness (QED) is 0.788. The van der Waals surface area contributed by atoms with Crippen LogP contribution in [0.4, 0.5) is 5.69 Å². The number of carbonyl (C=O) groups is 2. The summed E-state index contributed by atoms with van der Waals surface area (Å²) in [6, 6.07) is 12.0. The van der Waals surface area contributed by atoms with E-state index in [2.05, 4.69) is 11.0 Å². The molecule has 2 aliphatic rings. The highest BCUT2D eigenvalue weighted by Crippen LogP contribution is 2.38. The van der Waals surface area contributed by atoms with E-state index in [4.69, 9.17) is 0 Å². The Hall–Kier alpha value is -2.40. The number of rotatable bonds is 4. The first kappa shape index (κ1) is 16.1. The Morgan fingerprint density at radius 2 is 1.92 bits per heavy atom. The molecule has 4 nitrogen and oxygen atoms in total. The van der Waals surface area contributed by atoms with Crippen LogP contribution in [0.2, 0.25) is 0 Å². The average molecular weight is 352 g/mol. The molecule has 0 saturated heterocycles. The van der Waals surface area contributed by atoms with Gasteiger partial charge in [-0.15, -0.1) is 11.3 Å². The van der Waals surface area contributed by atoms with Gasteiger partial charge >= 0.3 is 0 Å². The van der Waals surface area contributed by atoms with E-state index in [1.54, 1.807) is 0 Å². The minimum Gasteiger partial charge on any atom is -0.336 e. The highest BCUT2D eigenvalue weighted by molar-refractivity contribution is 7.11. The van der Waals surface area contributed by atoms with Crippen molar-refractivity contribution in [3.63, 3.8) is 0 Å². The largest absolute Gasteiger partial charge is 0.336 e. The van der Waals surface area contributed by atoms with E-state index in [0.717, 1.165) is 36.4 Å². The second-order valence-electron chi connectivity index (χ2n) is 6.35. The summed E-state index contributed by atoms with van der Waals surface area (Å²) >= 11 is 1.51. The normalized spacial score (nSPS) is 17.5. The number of anilines is 1. The number of imide groups is 1. The van der Waals surface area contributed by atoms with E-state index in [1.165, 1.54) is 21.8 Å². The van der Waals surface area contributed by atoms with Gasteiger partial charge in [-0.25, -0.2) is 0 Å². The second kappa shape index (κ2) is 6.48. The van der Waals surface area contributed by atoms with Crippen molar-refractivity contribution >= 4 is 34.4 Å². The van der Waals surface area contributed by atoms with E-state index in [-0.39, 0.29) is 11.8 Å². The van der Waals surface area contributed by atoms with E-state index in [9.17, 15) is 9.59 Å². The maximum Gasteiger partial charge on any atom is 0.278 e. The summed E-state index contributed by atoms with van der Waals surface area (Å²) in [5.74, 6) is -0.320. The summed E-state index contributed by atoms with van der Waals surface area (Å²) in [7, 11) is 0. The Morgan fingerprint density at radius 1 is 1.08 bits per heavy atom. The summed E-state index contributed by atoms with van der Waals surface area (Å²) in [5, 5.41) is 1.95. The number of fused-ring (bicyclic) bond motifs is 1. The summed E-state index contributed by atoms with van der Waals surface area (Å²) in [4.78, 5) is 30.5. The Balaban J connectivity index is 1.88. The van der Waals surface area contributed by atoms with Crippen LogP contribution in [-0.4, -0.2) is 29.8 Å². The zero-order valence-electron chi connectivity index (χ0n) is 14.2. The van der Waals surface area contributed by atoms with E-state index in [0.29, 0.717) is 17.8 Å². The molecule has 0 atom stereocenters. The van der Waals surface area contributed by atoms with Crippen LogP contribution >= 0.6 is 11.3 Å². The second-order valence-corrected chi connectivity index (χ2v) is 7.29. The first-order valence-corrected chi connectivity index (χ1v) is 9.60. The highest BCUT2D eigenvalue weighted by Gasteiger charge is 2.42. The molecule has 0 saturated carbocycles. The topological polar surface area (TPSA) is 40.6 Å². The predicted molar refractivity (Wildman–Crippen MR) is 100 cm³/mol.